The highest BCUT2D eigenvalue weighted by Crippen LogP contribution is 2.25. The molecule has 1 aromatic rings. The van der Waals surface area contributed by atoms with Crippen molar-refractivity contribution in [2.45, 2.75) is 19.8 Å². The molecule has 1 aromatic carbocycles. The number of hydrogen-bond donors (Lipinski definition) is 1. The van der Waals surface area contributed by atoms with Gasteiger partial charge in [0.15, 0.2) is 0 Å². The minimum absolute atomic E-state index is 0.119. The predicted octanol–water partition coefficient (Wildman–Crippen LogP) is 3.01. The summed E-state index contributed by atoms with van der Waals surface area (Å²) in [6, 6.07) is 5.36. The van der Waals surface area contributed by atoms with Crippen LogP contribution in [-0.2, 0) is 11.2 Å². The first-order valence-electron chi connectivity index (χ1n) is 6.84. The molecule has 1 aliphatic heterocycles. The topological polar surface area (TPSA) is 40.5 Å². The Bertz CT molecular complexity index is 493. The Labute approximate surface area is 129 Å². The van der Waals surface area contributed by atoms with Gasteiger partial charge in [0.2, 0.25) is 5.91 Å². The minimum Gasteiger partial charge on any atom is -0.396 e. The molecule has 1 fully saturated rings. The number of halogens is 2. The summed E-state index contributed by atoms with van der Waals surface area (Å²) in [6.07, 6.45) is 1.49. The highest BCUT2D eigenvalue weighted by atomic mass is 35.5. The molecule has 3 nitrogen and oxygen atoms in total. The van der Waals surface area contributed by atoms with Crippen molar-refractivity contribution in [3.63, 3.8) is 0 Å². The Morgan fingerprint density at radius 1 is 1.50 bits per heavy atom. The maximum Gasteiger partial charge on any atom is 0.225 e. The summed E-state index contributed by atoms with van der Waals surface area (Å²) in [5.41, 5.74) is 0.940. The maximum atomic E-state index is 12.4. The largest absolute Gasteiger partial charge is 0.396 e. The van der Waals surface area contributed by atoms with Gasteiger partial charge in [0.1, 0.15) is 0 Å². The van der Waals surface area contributed by atoms with Crippen molar-refractivity contribution >= 4 is 29.1 Å². The van der Waals surface area contributed by atoms with E-state index in [1.165, 1.54) is 0 Å². The van der Waals surface area contributed by atoms with E-state index in [2.05, 4.69) is 0 Å². The Morgan fingerprint density at radius 3 is 2.85 bits per heavy atom. The Hall–Kier alpha value is -0.770. The van der Waals surface area contributed by atoms with Crippen LogP contribution in [0.25, 0.3) is 0 Å². The van der Waals surface area contributed by atoms with Gasteiger partial charge in [0.25, 0.3) is 0 Å². The van der Waals surface area contributed by atoms with E-state index in [1.54, 1.807) is 12.1 Å². The third-order valence-corrected chi connectivity index (χ3v) is 4.41. The molecule has 1 N–H and O–H groups in total. The third-order valence-electron chi connectivity index (χ3n) is 3.82. The second-order valence-corrected chi connectivity index (χ2v) is 6.31. The number of benzene rings is 1. The minimum atomic E-state index is -0.119. The van der Waals surface area contributed by atoms with Crippen LogP contribution >= 0.6 is 23.2 Å². The van der Waals surface area contributed by atoms with Gasteiger partial charge < -0.3 is 10.0 Å². The van der Waals surface area contributed by atoms with Gasteiger partial charge in [-0.1, -0.05) is 36.2 Å². The average molecular weight is 316 g/mol. The highest BCUT2D eigenvalue weighted by molar-refractivity contribution is 6.35. The molecular weight excluding hydrogens is 297 g/mol. The van der Waals surface area contributed by atoms with Gasteiger partial charge in [0, 0.05) is 41.6 Å². The Kier molecular flexibility index (Phi) is 5.30. The standard InChI is InChI=1S/C15H19Cl2NO2/c1-10(6-12-2-3-13(16)7-14(12)17)15(20)18-5-4-11(8-18)9-19/h2-3,7,10-11,19H,4-6,8-9H2,1H3. The van der Waals surface area contributed by atoms with Crippen LogP contribution in [0.15, 0.2) is 18.2 Å². The molecule has 1 saturated heterocycles. The van der Waals surface area contributed by atoms with Crippen LogP contribution in [0, 0.1) is 11.8 Å². The van der Waals surface area contributed by atoms with Crippen LogP contribution in [0.3, 0.4) is 0 Å². The first-order valence-corrected chi connectivity index (χ1v) is 7.60. The maximum absolute atomic E-state index is 12.4. The van der Waals surface area contributed by atoms with Crippen LogP contribution in [-0.4, -0.2) is 35.6 Å². The van der Waals surface area contributed by atoms with E-state index < -0.39 is 0 Å². The molecule has 0 saturated carbocycles. The normalized spacial score (nSPS) is 20.2. The molecule has 110 valence electrons. The van der Waals surface area contributed by atoms with E-state index in [1.807, 2.05) is 17.9 Å². The zero-order valence-electron chi connectivity index (χ0n) is 11.5. The average Bonchev–Trinajstić information content (AvgIpc) is 2.89. The lowest BCUT2D eigenvalue weighted by molar-refractivity contribution is -0.134. The number of hydrogen-bond acceptors (Lipinski definition) is 2. The van der Waals surface area contributed by atoms with Crippen LogP contribution < -0.4 is 0 Å². The number of carbonyl (C=O) groups is 1. The van der Waals surface area contributed by atoms with Crippen molar-refractivity contribution in [1.29, 1.82) is 0 Å². The zero-order valence-corrected chi connectivity index (χ0v) is 13.0. The van der Waals surface area contributed by atoms with Crippen molar-refractivity contribution in [3.8, 4) is 0 Å². The fraction of sp³-hybridized carbons (Fsp3) is 0.533. The van der Waals surface area contributed by atoms with E-state index in [0.29, 0.717) is 23.0 Å². The molecule has 2 unspecified atom stereocenters. The Balaban J connectivity index is 1.97. The summed E-state index contributed by atoms with van der Waals surface area (Å²) < 4.78 is 0. The number of nitrogens with zero attached hydrogens (tertiary/aromatic N) is 1. The van der Waals surface area contributed by atoms with E-state index in [4.69, 9.17) is 28.3 Å². The monoisotopic (exact) mass is 315 g/mol. The van der Waals surface area contributed by atoms with Gasteiger partial charge in [-0.2, -0.15) is 0 Å². The summed E-state index contributed by atoms with van der Waals surface area (Å²) in [6.45, 7) is 3.47. The first-order chi connectivity index (χ1) is 9.51. The molecule has 0 spiro atoms. The van der Waals surface area contributed by atoms with Crippen molar-refractivity contribution in [2.24, 2.45) is 11.8 Å². The molecule has 1 amide bonds. The predicted molar refractivity (Wildman–Crippen MR) is 81.1 cm³/mol. The summed E-state index contributed by atoms with van der Waals surface area (Å²) in [4.78, 5) is 14.2. The number of carbonyl (C=O) groups excluding carboxylic acids is 1. The Morgan fingerprint density at radius 2 is 2.25 bits per heavy atom. The highest BCUT2D eigenvalue weighted by Gasteiger charge is 2.28. The molecular formula is C15H19Cl2NO2. The molecule has 1 heterocycles. The second-order valence-electron chi connectivity index (χ2n) is 5.46. The number of likely N-dealkylation sites (tertiary alicyclic amines) is 1. The summed E-state index contributed by atoms with van der Waals surface area (Å²) in [5, 5.41) is 10.3. The van der Waals surface area contributed by atoms with Crippen molar-refractivity contribution in [1.82, 2.24) is 4.90 Å². The lowest BCUT2D eigenvalue weighted by Gasteiger charge is -2.21. The van der Waals surface area contributed by atoms with Gasteiger partial charge in [-0.05, 0) is 30.5 Å². The van der Waals surface area contributed by atoms with Crippen LogP contribution in [0.4, 0.5) is 0 Å². The summed E-state index contributed by atoms with van der Waals surface area (Å²) in [7, 11) is 0. The fourth-order valence-corrected chi connectivity index (χ4v) is 3.08. The molecule has 1 aliphatic rings. The number of aliphatic hydroxyl groups excluding tert-OH is 1. The second kappa shape index (κ2) is 6.79. The molecule has 2 rings (SSSR count). The van der Waals surface area contributed by atoms with Gasteiger partial charge in [-0.25, -0.2) is 0 Å². The zero-order chi connectivity index (χ0) is 14.7. The van der Waals surface area contributed by atoms with E-state index in [0.717, 1.165) is 18.5 Å². The smallest absolute Gasteiger partial charge is 0.225 e. The van der Waals surface area contributed by atoms with Crippen LogP contribution in [0.5, 0.6) is 0 Å². The first kappa shape index (κ1) is 15.6. The number of rotatable bonds is 4. The number of amides is 1. The summed E-state index contributed by atoms with van der Waals surface area (Å²) >= 11 is 12.0. The summed E-state index contributed by atoms with van der Waals surface area (Å²) in [5.74, 6) is 0.239. The molecule has 5 heteroatoms. The van der Waals surface area contributed by atoms with Crippen LogP contribution in [0.2, 0.25) is 10.0 Å². The van der Waals surface area contributed by atoms with Crippen molar-refractivity contribution in [3.05, 3.63) is 33.8 Å². The molecule has 0 bridgehead atoms. The lowest BCUT2D eigenvalue weighted by atomic mass is 10.00. The van der Waals surface area contributed by atoms with E-state index >= 15 is 0 Å². The SMILES string of the molecule is CC(Cc1ccc(Cl)cc1Cl)C(=O)N1CCC(CO)C1. The van der Waals surface area contributed by atoms with Crippen LogP contribution in [0.1, 0.15) is 18.9 Å². The van der Waals surface area contributed by atoms with E-state index in [-0.39, 0.29) is 24.3 Å². The van der Waals surface area contributed by atoms with Crippen molar-refractivity contribution in [2.75, 3.05) is 19.7 Å². The van der Waals surface area contributed by atoms with Gasteiger partial charge >= 0.3 is 0 Å². The quantitative estimate of drug-likeness (QED) is 0.927. The third kappa shape index (κ3) is 3.66. The fourth-order valence-electron chi connectivity index (χ4n) is 2.60. The molecule has 2 atom stereocenters. The van der Waals surface area contributed by atoms with Crippen molar-refractivity contribution < 1.29 is 9.90 Å². The molecule has 0 aliphatic carbocycles. The molecule has 0 radical (unpaired) electrons. The van der Waals surface area contributed by atoms with E-state index in [9.17, 15) is 4.79 Å². The van der Waals surface area contributed by atoms with Gasteiger partial charge in [0.05, 0.1) is 0 Å². The lowest BCUT2D eigenvalue weighted by Crippen LogP contribution is -2.34. The van der Waals surface area contributed by atoms with Gasteiger partial charge in [-0.15, -0.1) is 0 Å². The molecule has 20 heavy (non-hydrogen) atoms. The van der Waals surface area contributed by atoms with Gasteiger partial charge in [-0.3, -0.25) is 4.79 Å². The number of aliphatic hydroxyl groups is 1. The molecule has 0 aromatic heterocycles.